The van der Waals surface area contributed by atoms with Gasteiger partial charge in [0.2, 0.25) is 5.91 Å². The lowest BCUT2D eigenvalue weighted by atomic mass is 10.2. The first kappa shape index (κ1) is 19.2. The number of nitrogens with zero attached hydrogens (tertiary/aromatic N) is 3. The second-order valence-corrected chi connectivity index (χ2v) is 6.57. The van der Waals surface area contributed by atoms with Crippen molar-refractivity contribution < 1.29 is 9.59 Å². The zero-order valence-electron chi connectivity index (χ0n) is 15.4. The van der Waals surface area contributed by atoms with Crippen molar-refractivity contribution in [3.63, 3.8) is 0 Å². The molecule has 2 N–H and O–H groups in total. The minimum absolute atomic E-state index is 0.0298. The van der Waals surface area contributed by atoms with E-state index >= 15 is 0 Å². The molecule has 1 heterocycles. The smallest absolute Gasteiger partial charge is 0.317 e. The third-order valence-electron chi connectivity index (χ3n) is 4.22. The van der Waals surface area contributed by atoms with E-state index in [0.717, 1.165) is 44.0 Å². The maximum absolute atomic E-state index is 12.3. The van der Waals surface area contributed by atoms with Gasteiger partial charge in [-0.15, -0.1) is 0 Å². The van der Waals surface area contributed by atoms with Gasteiger partial charge in [-0.05, 0) is 38.3 Å². The largest absolute Gasteiger partial charge is 0.334 e. The second kappa shape index (κ2) is 9.39. The summed E-state index contributed by atoms with van der Waals surface area (Å²) in [4.78, 5) is 30.1. The summed E-state index contributed by atoms with van der Waals surface area (Å²) in [7, 11) is 3.71. The van der Waals surface area contributed by atoms with Crippen molar-refractivity contribution in [3.8, 4) is 0 Å². The number of carbonyl (C=O) groups is 2. The van der Waals surface area contributed by atoms with Gasteiger partial charge in [0.25, 0.3) is 0 Å². The first-order valence-electron chi connectivity index (χ1n) is 8.76. The molecule has 0 radical (unpaired) electrons. The highest BCUT2D eigenvalue weighted by molar-refractivity contribution is 5.92. The van der Waals surface area contributed by atoms with Crippen molar-refractivity contribution in [1.29, 1.82) is 0 Å². The van der Waals surface area contributed by atoms with Gasteiger partial charge in [-0.3, -0.25) is 4.79 Å². The highest BCUT2D eigenvalue weighted by atomic mass is 16.2. The Balaban J connectivity index is 1.81. The Morgan fingerprint density at radius 2 is 1.88 bits per heavy atom. The van der Waals surface area contributed by atoms with E-state index in [1.807, 2.05) is 48.2 Å². The Labute approximate surface area is 150 Å². The Hall–Kier alpha value is -2.12. The van der Waals surface area contributed by atoms with Gasteiger partial charge in [0, 0.05) is 38.4 Å². The van der Waals surface area contributed by atoms with E-state index in [2.05, 4.69) is 22.5 Å². The first-order valence-corrected chi connectivity index (χ1v) is 8.76. The molecule has 0 atom stereocenters. The van der Waals surface area contributed by atoms with E-state index in [-0.39, 0.29) is 11.9 Å². The Bertz CT molecular complexity index is 583. The molecule has 1 aromatic rings. The number of rotatable bonds is 6. The molecule has 1 aliphatic rings. The first-order chi connectivity index (χ1) is 12.0. The molecule has 3 amide bonds. The van der Waals surface area contributed by atoms with Crippen molar-refractivity contribution >= 4 is 17.6 Å². The van der Waals surface area contributed by atoms with E-state index in [1.54, 1.807) is 0 Å². The van der Waals surface area contributed by atoms with Crippen molar-refractivity contribution in [2.75, 3.05) is 58.7 Å². The second-order valence-electron chi connectivity index (χ2n) is 6.57. The molecule has 7 heteroatoms. The third-order valence-corrected chi connectivity index (χ3v) is 4.22. The molecule has 138 valence electrons. The number of urea groups is 1. The summed E-state index contributed by atoms with van der Waals surface area (Å²) >= 11 is 0. The fourth-order valence-electron chi connectivity index (χ4n) is 2.80. The van der Waals surface area contributed by atoms with E-state index in [1.165, 1.54) is 0 Å². The van der Waals surface area contributed by atoms with Crippen molar-refractivity contribution in [1.82, 2.24) is 20.0 Å². The molecule has 0 aromatic heterocycles. The summed E-state index contributed by atoms with van der Waals surface area (Å²) in [5, 5.41) is 5.83. The molecule has 25 heavy (non-hydrogen) atoms. The van der Waals surface area contributed by atoms with Crippen molar-refractivity contribution in [2.45, 2.75) is 13.5 Å². The van der Waals surface area contributed by atoms with Gasteiger partial charge in [0.15, 0.2) is 0 Å². The van der Waals surface area contributed by atoms with Crippen LogP contribution in [-0.2, 0) is 11.3 Å². The lowest BCUT2D eigenvalue weighted by Crippen LogP contribution is -2.51. The molecule has 1 aromatic carbocycles. The molecule has 1 aliphatic heterocycles. The summed E-state index contributed by atoms with van der Waals surface area (Å²) in [6.45, 7) is 7.34. The third kappa shape index (κ3) is 6.36. The van der Waals surface area contributed by atoms with Crippen LogP contribution in [0, 0.1) is 0 Å². The number of carbonyl (C=O) groups excluding carboxylic acids is 2. The Kier molecular flexibility index (Phi) is 7.21. The summed E-state index contributed by atoms with van der Waals surface area (Å²) in [5.74, 6) is -0.0556. The van der Waals surface area contributed by atoms with E-state index in [0.29, 0.717) is 13.1 Å². The van der Waals surface area contributed by atoms with E-state index in [9.17, 15) is 9.59 Å². The molecule has 0 bridgehead atoms. The predicted molar refractivity (Wildman–Crippen MR) is 99.5 cm³/mol. The fourth-order valence-corrected chi connectivity index (χ4v) is 2.80. The lowest BCUT2D eigenvalue weighted by molar-refractivity contribution is -0.116. The topological polar surface area (TPSA) is 67.9 Å². The molecule has 0 spiro atoms. The van der Waals surface area contributed by atoms with Crippen LogP contribution in [0.15, 0.2) is 24.3 Å². The van der Waals surface area contributed by atoms with Crippen LogP contribution in [0.5, 0.6) is 0 Å². The van der Waals surface area contributed by atoms with Crippen molar-refractivity contribution in [2.24, 2.45) is 0 Å². The van der Waals surface area contributed by atoms with Crippen LogP contribution >= 0.6 is 0 Å². The monoisotopic (exact) mass is 347 g/mol. The number of nitrogens with one attached hydrogen (secondary N) is 2. The van der Waals surface area contributed by atoms with Gasteiger partial charge < -0.3 is 25.3 Å². The predicted octanol–water partition coefficient (Wildman–Crippen LogP) is 1.03. The zero-order chi connectivity index (χ0) is 18.2. The number of benzene rings is 1. The SMILES string of the molecule is CCN1CCN(C(=O)NCc2cccc(NC(=O)CN(C)C)c2)CC1. The highest BCUT2D eigenvalue weighted by Gasteiger charge is 2.19. The number of piperazine rings is 1. The molecule has 0 aliphatic carbocycles. The normalized spacial score (nSPS) is 15.3. The maximum Gasteiger partial charge on any atom is 0.317 e. The number of likely N-dealkylation sites (N-methyl/N-ethyl adjacent to an activating group) is 2. The molecular weight excluding hydrogens is 318 g/mol. The zero-order valence-corrected chi connectivity index (χ0v) is 15.4. The fraction of sp³-hybridized carbons (Fsp3) is 0.556. The quantitative estimate of drug-likeness (QED) is 0.807. The van der Waals surface area contributed by atoms with E-state index < -0.39 is 0 Å². The van der Waals surface area contributed by atoms with Gasteiger partial charge in [-0.1, -0.05) is 19.1 Å². The number of hydrogen-bond donors (Lipinski definition) is 2. The van der Waals surface area contributed by atoms with Gasteiger partial charge in [-0.2, -0.15) is 0 Å². The van der Waals surface area contributed by atoms with Crippen LogP contribution in [-0.4, -0.2) is 80.0 Å². The Morgan fingerprint density at radius 1 is 1.16 bits per heavy atom. The van der Waals surface area contributed by atoms with Gasteiger partial charge in [-0.25, -0.2) is 4.79 Å². The molecule has 2 rings (SSSR count). The summed E-state index contributed by atoms with van der Waals surface area (Å²) in [6, 6.07) is 7.54. The molecule has 7 nitrogen and oxygen atoms in total. The van der Waals surface area contributed by atoms with Crippen LogP contribution in [0.3, 0.4) is 0 Å². The molecular formula is C18H29N5O2. The lowest BCUT2D eigenvalue weighted by Gasteiger charge is -2.34. The average molecular weight is 347 g/mol. The van der Waals surface area contributed by atoms with Crippen LogP contribution in [0.4, 0.5) is 10.5 Å². The van der Waals surface area contributed by atoms with Crippen molar-refractivity contribution in [3.05, 3.63) is 29.8 Å². The summed E-state index contributed by atoms with van der Waals surface area (Å²) in [6.07, 6.45) is 0. The summed E-state index contributed by atoms with van der Waals surface area (Å²) < 4.78 is 0. The maximum atomic E-state index is 12.3. The van der Waals surface area contributed by atoms with Crippen LogP contribution < -0.4 is 10.6 Å². The van der Waals surface area contributed by atoms with Gasteiger partial charge in [0.1, 0.15) is 0 Å². The van der Waals surface area contributed by atoms with E-state index in [4.69, 9.17) is 0 Å². The number of anilines is 1. The molecule has 1 saturated heterocycles. The van der Waals surface area contributed by atoms with Crippen LogP contribution in [0.1, 0.15) is 12.5 Å². The molecule has 1 fully saturated rings. The van der Waals surface area contributed by atoms with Gasteiger partial charge >= 0.3 is 6.03 Å². The molecule has 0 saturated carbocycles. The average Bonchev–Trinajstić information content (AvgIpc) is 2.59. The number of hydrogen-bond acceptors (Lipinski definition) is 4. The highest BCUT2D eigenvalue weighted by Crippen LogP contribution is 2.11. The standard InChI is InChI=1S/C18H29N5O2/c1-4-22-8-10-23(11-9-22)18(25)19-13-15-6-5-7-16(12-15)20-17(24)14-21(2)3/h5-7,12H,4,8-11,13-14H2,1-3H3,(H,19,25)(H,20,24). The minimum Gasteiger partial charge on any atom is -0.334 e. The number of amides is 3. The summed E-state index contributed by atoms with van der Waals surface area (Å²) in [5.41, 5.74) is 1.71. The molecule has 0 unspecified atom stereocenters. The Morgan fingerprint density at radius 3 is 2.52 bits per heavy atom. The van der Waals surface area contributed by atoms with Gasteiger partial charge in [0.05, 0.1) is 6.54 Å². The minimum atomic E-state index is -0.0556. The van der Waals surface area contributed by atoms with Crippen LogP contribution in [0.2, 0.25) is 0 Å². The van der Waals surface area contributed by atoms with Crippen LogP contribution in [0.25, 0.3) is 0 Å².